The van der Waals surface area contributed by atoms with E-state index >= 15 is 0 Å². The maximum atomic E-state index is 12.3. The number of allylic oxidation sites excluding steroid dienone is 4. The van der Waals surface area contributed by atoms with E-state index in [0.717, 1.165) is 41.6 Å². The van der Waals surface area contributed by atoms with Gasteiger partial charge in [-0.25, -0.2) is 5.01 Å². The molecule has 0 bridgehead atoms. The molecule has 0 saturated heterocycles. The minimum Gasteiger partial charge on any atom is -0.294 e. The zero-order valence-electron chi connectivity index (χ0n) is 11.4. The summed E-state index contributed by atoms with van der Waals surface area (Å²) >= 11 is 3.57. The van der Waals surface area contributed by atoms with Crippen LogP contribution in [0.15, 0.2) is 38.7 Å². The summed E-state index contributed by atoms with van der Waals surface area (Å²) in [6.07, 6.45) is 10.0. The van der Waals surface area contributed by atoms with Crippen molar-refractivity contribution >= 4 is 27.9 Å². The maximum absolute atomic E-state index is 12.3. The number of nitrogens with zero attached hydrogens (tertiary/aromatic N) is 2. The molecule has 0 saturated carbocycles. The average Bonchev–Trinajstić information content (AvgIpc) is 2.56. The third-order valence-corrected chi connectivity index (χ3v) is 4.28. The van der Waals surface area contributed by atoms with E-state index in [9.17, 15) is 4.79 Å². The van der Waals surface area contributed by atoms with Crippen molar-refractivity contribution in [2.45, 2.75) is 46.0 Å². The molecule has 0 atom stereocenters. The van der Waals surface area contributed by atoms with Crippen LogP contribution in [-0.2, 0) is 4.79 Å². The molecule has 2 heterocycles. The van der Waals surface area contributed by atoms with Gasteiger partial charge in [0.05, 0.1) is 5.70 Å². The summed E-state index contributed by atoms with van der Waals surface area (Å²) < 4.78 is 0.807. The van der Waals surface area contributed by atoms with Crippen LogP contribution in [0.25, 0.3) is 0 Å². The van der Waals surface area contributed by atoms with E-state index < -0.39 is 0 Å². The predicted molar refractivity (Wildman–Crippen MR) is 81.9 cm³/mol. The fourth-order valence-corrected chi connectivity index (χ4v) is 2.97. The van der Waals surface area contributed by atoms with Crippen LogP contribution < -0.4 is 0 Å². The second kappa shape index (κ2) is 6.33. The van der Waals surface area contributed by atoms with Gasteiger partial charge < -0.3 is 0 Å². The zero-order chi connectivity index (χ0) is 13.8. The van der Waals surface area contributed by atoms with Crippen molar-refractivity contribution < 1.29 is 4.79 Å². The fraction of sp³-hybridized carbons (Fsp3) is 0.467. The quantitative estimate of drug-likeness (QED) is 0.724. The van der Waals surface area contributed by atoms with Crippen molar-refractivity contribution in [2.75, 3.05) is 0 Å². The Morgan fingerprint density at radius 2 is 2.26 bits per heavy atom. The van der Waals surface area contributed by atoms with Gasteiger partial charge in [0.25, 0.3) is 0 Å². The Bertz CT molecular complexity index is 500. The van der Waals surface area contributed by atoms with Gasteiger partial charge in [0.15, 0.2) is 5.78 Å². The molecular weight excluding hydrogens is 304 g/mol. The van der Waals surface area contributed by atoms with Gasteiger partial charge in [0, 0.05) is 18.2 Å². The first kappa shape index (κ1) is 14.3. The molecule has 0 unspecified atom stereocenters. The van der Waals surface area contributed by atoms with E-state index in [4.69, 9.17) is 0 Å². The SMILES string of the molecule is CCCCC(=O)C1=C(Br)N2N=CC=CC2=C(C)CC1. The molecule has 0 aliphatic carbocycles. The minimum atomic E-state index is 0.243. The lowest BCUT2D eigenvalue weighted by molar-refractivity contribution is -0.115. The average molecular weight is 323 g/mol. The molecule has 0 N–H and O–H groups in total. The Kier molecular flexibility index (Phi) is 4.75. The summed E-state index contributed by atoms with van der Waals surface area (Å²) in [7, 11) is 0. The molecule has 102 valence electrons. The number of carbonyl (C=O) groups excluding carboxylic acids is 1. The molecule has 0 aromatic heterocycles. The molecule has 2 rings (SSSR count). The highest BCUT2D eigenvalue weighted by molar-refractivity contribution is 9.11. The van der Waals surface area contributed by atoms with Gasteiger partial charge >= 0.3 is 0 Å². The molecule has 4 heteroatoms. The summed E-state index contributed by atoms with van der Waals surface area (Å²) in [6.45, 7) is 4.21. The van der Waals surface area contributed by atoms with Crippen molar-refractivity contribution in [3.05, 3.63) is 33.6 Å². The first-order valence-electron chi connectivity index (χ1n) is 6.77. The van der Waals surface area contributed by atoms with Gasteiger partial charge in [0.1, 0.15) is 4.61 Å². The first-order chi connectivity index (χ1) is 9.15. The highest BCUT2D eigenvalue weighted by atomic mass is 79.9. The Balaban J connectivity index is 2.30. The topological polar surface area (TPSA) is 32.7 Å². The second-order valence-electron chi connectivity index (χ2n) is 4.90. The Labute approximate surface area is 122 Å². The van der Waals surface area contributed by atoms with E-state index in [1.165, 1.54) is 5.57 Å². The lowest BCUT2D eigenvalue weighted by Crippen LogP contribution is -2.17. The summed E-state index contributed by atoms with van der Waals surface area (Å²) in [4.78, 5) is 12.3. The Morgan fingerprint density at radius 1 is 1.47 bits per heavy atom. The zero-order valence-corrected chi connectivity index (χ0v) is 13.0. The first-order valence-corrected chi connectivity index (χ1v) is 7.56. The predicted octanol–water partition coefficient (Wildman–Crippen LogP) is 4.28. The van der Waals surface area contributed by atoms with Crippen molar-refractivity contribution in [2.24, 2.45) is 5.10 Å². The van der Waals surface area contributed by atoms with Crippen LogP contribution in [0.2, 0.25) is 0 Å². The van der Waals surface area contributed by atoms with E-state index in [-0.39, 0.29) is 5.78 Å². The van der Waals surface area contributed by atoms with Gasteiger partial charge in [-0.2, -0.15) is 5.10 Å². The smallest absolute Gasteiger partial charge is 0.161 e. The number of halogens is 1. The van der Waals surface area contributed by atoms with Crippen molar-refractivity contribution in [3.8, 4) is 0 Å². The number of fused-ring (bicyclic) bond motifs is 1. The molecule has 3 nitrogen and oxygen atoms in total. The van der Waals surface area contributed by atoms with E-state index in [1.807, 2.05) is 17.2 Å². The summed E-state index contributed by atoms with van der Waals surface area (Å²) in [6, 6.07) is 0. The standard InChI is InChI=1S/C15H19BrN2O/c1-3-4-7-14(19)12-9-8-11(2)13-6-5-10-17-18(13)15(12)16/h5-6,10H,3-4,7-9H2,1-2H3. The number of hydrogen-bond acceptors (Lipinski definition) is 3. The van der Waals surface area contributed by atoms with Crippen LogP contribution in [0.5, 0.6) is 0 Å². The Morgan fingerprint density at radius 3 is 3.00 bits per heavy atom. The van der Waals surface area contributed by atoms with Gasteiger partial charge in [-0.15, -0.1) is 0 Å². The molecule has 0 radical (unpaired) electrons. The van der Waals surface area contributed by atoms with E-state index in [2.05, 4.69) is 34.9 Å². The normalized spacial score (nSPS) is 18.8. The number of hydrazone groups is 1. The van der Waals surface area contributed by atoms with Crippen molar-refractivity contribution in [1.29, 1.82) is 0 Å². The molecule has 2 aliphatic heterocycles. The molecular formula is C15H19BrN2O. The van der Waals surface area contributed by atoms with E-state index in [0.29, 0.717) is 6.42 Å². The number of carbonyl (C=O) groups is 1. The van der Waals surface area contributed by atoms with Gasteiger partial charge in [-0.3, -0.25) is 4.79 Å². The van der Waals surface area contributed by atoms with Crippen molar-refractivity contribution in [3.63, 3.8) is 0 Å². The third kappa shape index (κ3) is 3.06. The van der Waals surface area contributed by atoms with Gasteiger partial charge in [0.2, 0.25) is 0 Å². The Hall–Kier alpha value is -1.16. The minimum absolute atomic E-state index is 0.243. The molecule has 0 amide bonds. The number of hydrogen-bond donors (Lipinski definition) is 0. The number of rotatable bonds is 4. The number of unbranched alkanes of at least 4 members (excludes halogenated alkanes) is 1. The largest absolute Gasteiger partial charge is 0.294 e. The van der Waals surface area contributed by atoms with Crippen molar-refractivity contribution in [1.82, 2.24) is 5.01 Å². The lowest BCUT2D eigenvalue weighted by atomic mass is 10.0. The van der Waals surface area contributed by atoms with Crippen LogP contribution in [0, 0.1) is 0 Å². The fourth-order valence-electron chi connectivity index (χ4n) is 2.27. The van der Waals surface area contributed by atoms with E-state index in [1.54, 1.807) is 6.21 Å². The molecule has 0 fully saturated rings. The molecule has 0 aromatic rings. The monoisotopic (exact) mass is 322 g/mol. The van der Waals surface area contributed by atoms with Crippen LogP contribution in [0.4, 0.5) is 0 Å². The second-order valence-corrected chi connectivity index (χ2v) is 5.65. The summed E-state index contributed by atoms with van der Waals surface area (Å²) in [5.74, 6) is 0.243. The highest BCUT2D eigenvalue weighted by Gasteiger charge is 2.24. The molecule has 19 heavy (non-hydrogen) atoms. The van der Waals surface area contributed by atoms with Crippen LogP contribution >= 0.6 is 15.9 Å². The van der Waals surface area contributed by atoms with Gasteiger partial charge in [-0.1, -0.05) is 13.3 Å². The van der Waals surface area contributed by atoms with Crippen LogP contribution in [0.3, 0.4) is 0 Å². The van der Waals surface area contributed by atoms with Crippen LogP contribution in [-0.4, -0.2) is 17.0 Å². The maximum Gasteiger partial charge on any atom is 0.161 e. The number of ketones is 1. The molecule has 0 spiro atoms. The third-order valence-electron chi connectivity index (χ3n) is 3.47. The van der Waals surface area contributed by atoms with Gasteiger partial charge in [-0.05, 0) is 59.8 Å². The van der Waals surface area contributed by atoms with Crippen LogP contribution in [0.1, 0.15) is 46.0 Å². The molecule has 0 aromatic carbocycles. The summed E-state index contributed by atoms with van der Waals surface area (Å²) in [5, 5.41) is 6.20. The summed E-state index contributed by atoms with van der Waals surface area (Å²) in [5.41, 5.74) is 3.21. The lowest BCUT2D eigenvalue weighted by Gasteiger charge is -2.22. The molecule has 2 aliphatic rings. The number of Topliss-reactive ketones (excluding diaryl/α,β-unsaturated/α-hetero) is 1. The highest BCUT2D eigenvalue weighted by Crippen LogP contribution is 2.34.